The third-order valence-electron chi connectivity index (χ3n) is 10.6. The summed E-state index contributed by atoms with van der Waals surface area (Å²) in [4.78, 5) is 102. The number of carbonyl (C=O) groups excluding carboxylic acids is 5. The van der Waals surface area contributed by atoms with E-state index in [0.717, 1.165) is 16.7 Å². The Labute approximate surface area is 356 Å². The Morgan fingerprint density at radius 3 is 2.26 bits per heavy atom. The van der Waals surface area contributed by atoms with Crippen molar-refractivity contribution in [1.29, 1.82) is 0 Å². The Morgan fingerprint density at radius 2 is 1.61 bits per heavy atom. The number of benzene rings is 3. The lowest BCUT2D eigenvalue weighted by molar-refractivity contribution is -0.139. The number of Topliss-reactive ketones (excluding diaryl/α,β-unsaturated/α-hetero) is 1. The molecule has 324 valence electrons. The number of aromatic hydroxyl groups is 1. The molecule has 5 rings (SSSR count). The second-order valence-electron chi connectivity index (χ2n) is 15.5. The Balaban J connectivity index is 1.22. The number of rotatable bonds is 19. The second kappa shape index (κ2) is 19.8. The van der Waals surface area contributed by atoms with E-state index >= 15 is 0 Å². The number of fused-ring (bicyclic) bond motifs is 2. The number of urea groups is 1. The van der Waals surface area contributed by atoms with Crippen LogP contribution in [0.5, 0.6) is 5.75 Å². The molecule has 0 heterocycles. The molecular formula is C45H47N5O12. The van der Waals surface area contributed by atoms with Gasteiger partial charge in [-0.1, -0.05) is 42.8 Å². The van der Waals surface area contributed by atoms with Gasteiger partial charge in [-0.15, -0.1) is 0 Å². The second-order valence-corrected chi connectivity index (χ2v) is 15.5. The normalized spacial score (nSPS) is 16.7. The summed E-state index contributed by atoms with van der Waals surface area (Å²) in [7, 11) is 0. The highest BCUT2D eigenvalue weighted by molar-refractivity contribution is 6.43. The fraction of sp³-hybridized carbons (Fsp3) is 0.311. The van der Waals surface area contributed by atoms with Gasteiger partial charge in [0.1, 0.15) is 30.3 Å². The maximum absolute atomic E-state index is 13.4. The molecule has 2 aliphatic carbocycles. The van der Waals surface area contributed by atoms with Crippen molar-refractivity contribution in [2.75, 3.05) is 17.2 Å². The molecule has 8 N–H and O–H groups in total. The lowest BCUT2D eigenvalue weighted by Gasteiger charge is -2.36. The van der Waals surface area contributed by atoms with Gasteiger partial charge in [0.15, 0.2) is 11.6 Å². The number of phenols is 1. The van der Waals surface area contributed by atoms with Crippen molar-refractivity contribution in [2.45, 2.75) is 76.4 Å². The molecule has 0 bridgehead atoms. The molecule has 3 aromatic rings. The quantitative estimate of drug-likeness (QED) is 0.0613. The number of phenolic OH excluding ortho intramolecular Hbond substituents is 1. The maximum Gasteiger partial charge on any atom is 0.336 e. The van der Waals surface area contributed by atoms with Gasteiger partial charge in [-0.3, -0.25) is 24.2 Å². The molecule has 2 unspecified atom stereocenters. The van der Waals surface area contributed by atoms with Crippen molar-refractivity contribution in [3.8, 4) is 5.75 Å². The van der Waals surface area contributed by atoms with E-state index in [9.17, 15) is 53.7 Å². The summed E-state index contributed by atoms with van der Waals surface area (Å²) in [5.41, 5.74) is 2.85. The Kier molecular flexibility index (Phi) is 14.5. The van der Waals surface area contributed by atoms with Gasteiger partial charge in [0.05, 0.1) is 17.1 Å². The first kappa shape index (κ1) is 45.7. The van der Waals surface area contributed by atoms with E-state index in [-0.39, 0.29) is 72.4 Å². The summed E-state index contributed by atoms with van der Waals surface area (Å²) in [5.74, 6) is -5.65. The number of carboxylic acids is 3. The summed E-state index contributed by atoms with van der Waals surface area (Å²) in [6.07, 6.45) is 5.05. The lowest BCUT2D eigenvalue weighted by atomic mass is 9.67. The SMILES string of the molecule is CC/C(=N\CC(=O)C(C)(C)Nc1ccc(C[C@H](NC(=O)N[C@H](C=O)CCC(=O)O)C(=O)O)cc1)C(=O)Nc1ccc(C2c3ccc(O)cc3CC3=CC(=O)C=CC32)c(C(=O)O)c1. The van der Waals surface area contributed by atoms with Crippen LogP contribution in [0.3, 0.4) is 0 Å². The maximum atomic E-state index is 13.4. The molecule has 4 atom stereocenters. The average molecular weight is 850 g/mol. The highest BCUT2D eigenvalue weighted by atomic mass is 16.4. The standard InChI is InChI=1S/C45H47N5O12/c1-4-36(41(57)47-28-9-13-34(35(21-28)42(58)59)40-32-14-11-30(52)19-25(32)18-26-20-31(53)12-15-33(26)40)46-22-38(54)45(2,3)50-27-7-5-24(6-8-27)17-37(43(60)61)49-44(62)48-29(23-51)10-16-39(55)56/h5-9,11-15,19-21,23,29,32,37,40,50,53H,4,10,16-18,22H2,1-3H3,(H,47,57)(H,55,56)(H,58,59)(H,60,61)(H2,48,49,62)/b46-36+/t29-,32?,37-,40?/m0/s1. The number of allylic oxidation sites excluding steroid dienone is 4. The molecule has 0 fully saturated rings. The Morgan fingerprint density at radius 1 is 0.919 bits per heavy atom. The first-order valence-corrected chi connectivity index (χ1v) is 19.7. The summed E-state index contributed by atoms with van der Waals surface area (Å²) in [6, 6.07) is 12.4. The fourth-order valence-electron chi connectivity index (χ4n) is 7.38. The highest BCUT2D eigenvalue weighted by Gasteiger charge is 2.37. The van der Waals surface area contributed by atoms with Crippen LogP contribution in [-0.4, -0.2) is 98.0 Å². The van der Waals surface area contributed by atoms with Gasteiger partial charge < -0.3 is 46.5 Å². The van der Waals surface area contributed by atoms with Crippen molar-refractivity contribution in [1.82, 2.24) is 10.6 Å². The number of amides is 3. The minimum absolute atomic E-state index is 0.0458. The molecule has 62 heavy (non-hydrogen) atoms. The number of carbonyl (C=O) groups is 8. The van der Waals surface area contributed by atoms with Crippen molar-refractivity contribution in [3.63, 3.8) is 0 Å². The molecule has 17 nitrogen and oxygen atoms in total. The molecule has 3 aromatic carbocycles. The number of aromatic carboxylic acids is 1. The van der Waals surface area contributed by atoms with Crippen LogP contribution >= 0.6 is 0 Å². The molecule has 0 saturated carbocycles. The summed E-state index contributed by atoms with van der Waals surface area (Å²) < 4.78 is 0. The number of nitrogens with zero attached hydrogens (tertiary/aromatic N) is 1. The van der Waals surface area contributed by atoms with Gasteiger partial charge in [-0.2, -0.15) is 0 Å². The van der Waals surface area contributed by atoms with Gasteiger partial charge >= 0.3 is 23.9 Å². The van der Waals surface area contributed by atoms with Gasteiger partial charge in [0.25, 0.3) is 5.91 Å². The van der Waals surface area contributed by atoms with E-state index in [1.54, 1.807) is 81.5 Å². The molecule has 3 amide bonds. The van der Waals surface area contributed by atoms with Crippen molar-refractivity contribution < 1.29 is 58.8 Å². The third kappa shape index (κ3) is 11.4. The van der Waals surface area contributed by atoms with Gasteiger partial charge in [-0.05, 0) is 104 Å². The highest BCUT2D eigenvalue weighted by Crippen LogP contribution is 2.47. The topological polar surface area (TPSA) is 278 Å². The van der Waals surface area contributed by atoms with Gasteiger partial charge in [0.2, 0.25) is 0 Å². The predicted molar refractivity (Wildman–Crippen MR) is 227 cm³/mol. The first-order chi connectivity index (χ1) is 29.4. The molecule has 17 heteroatoms. The number of aldehydes is 1. The number of nitrogens with one attached hydrogen (secondary N) is 4. The smallest absolute Gasteiger partial charge is 0.336 e. The molecular weight excluding hydrogens is 803 g/mol. The molecule has 0 spiro atoms. The van der Waals surface area contributed by atoms with Crippen LogP contribution in [0.4, 0.5) is 16.2 Å². The van der Waals surface area contributed by atoms with Crippen molar-refractivity contribution >= 4 is 64.8 Å². The summed E-state index contributed by atoms with van der Waals surface area (Å²) in [5, 5.41) is 49.4. The van der Waals surface area contributed by atoms with Crippen LogP contribution in [-0.2, 0) is 41.6 Å². The fourth-order valence-corrected chi connectivity index (χ4v) is 7.38. The average Bonchev–Trinajstić information content (AvgIpc) is 3.21. The number of carboxylic acid groups (broad SMARTS) is 3. The van der Waals surface area contributed by atoms with Crippen LogP contribution in [0.2, 0.25) is 0 Å². The third-order valence-corrected chi connectivity index (χ3v) is 10.6. The van der Waals surface area contributed by atoms with E-state index < -0.39 is 53.4 Å². The number of ketones is 2. The van der Waals surface area contributed by atoms with E-state index in [4.69, 9.17) is 5.11 Å². The molecule has 0 saturated heterocycles. The molecule has 0 radical (unpaired) electrons. The number of hydrogen-bond donors (Lipinski definition) is 8. The zero-order chi connectivity index (χ0) is 45.3. The molecule has 2 aliphatic rings. The predicted octanol–water partition coefficient (Wildman–Crippen LogP) is 4.44. The number of hydrogen-bond acceptors (Lipinski definition) is 11. The minimum atomic E-state index is -1.38. The van der Waals surface area contributed by atoms with E-state index in [1.165, 1.54) is 18.2 Å². The van der Waals surface area contributed by atoms with Crippen LogP contribution in [0, 0.1) is 5.92 Å². The minimum Gasteiger partial charge on any atom is -0.508 e. The molecule has 0 aliphatic heterocycles. The lowest BCUT2D eigenvalue weighted by Crippen LogP contribution is -2.50. The number of aliphatic imine (C=N–C) groups is 1. The molecule has 0 aromatic heterocycles. The van der Waals surface area contributed by atoms with Crippen LogP contribution in [0.1, 0.15) is 78.6 Å². The summed E-state index contributed by atoms with van der Waals surface area (Å²) in [6.45, 7) is 4.57. The van der Waals surface area contributed by atoms with E-state index in [2.05, 4.69) is 26.3 Å². The van der Waals surface area contributed by atoms with Crippen molar-refractivity contribution in [2.24, 2.45) is 10.9 Å². The number of anilines is 2. The van der Waals surface area contributed by atoms with Crippen molar-refractivity contribution in [3.05, 3.63) is 112 Å². The Bertz CT molecular complexity index is 2380. The van der Waals surface area contributed by atoms with E-state index in [0.29, 0.717) is 29.5 Å². The Hall–Kier alpha value is -7.43. The summed E-state index contributed by atoms with van der Waals surface area (Å²) >= 11 is 0. The monoisotopic (exact) mass is 849 g/mol. The largest absolute Gasteiger partial charge is 0.508 e. The van der Waals surface area contributed by atoms with E-state index in [1.807, 2.05) is 0 Å². The zero-order valence-corrected chi connectivity index (χ0v) is 34.1. The number of aliphatic carboxylic acids is 2. The zero-order valence-electron chi connectivity index (χ0n) is 34.1. The van der Waals surface area contributed by atoms with Gasteiger partial charge in [-0.25, -0.2) is 14.4 Å². The van der Waals surface area contributed by atoms with Crippen LogP contribution in [0.25, 0.3) is 0 Å². The first-order valence-electron chi connectivity index (χ1n) is 19.7. The van der Waals surface area contributed by atoms with Crippen LogP contribution in [0.15, 0.2) is 89.5 Å². The van der Waals surface area contributed by atoms with Crippen LogP contribution < -0.4 is 21.3 Å². The van der Waals surface area contributed by atoms with Gasteiger partial charge in [0, 0.05) is 36.1 Å².